The number of fused-ring (bicyclic) bond motifs is 1. The van der Waals surface area contributed by atoms with E-state index in [1.807, 2.05) is 20.1 Å². The molecule has 1 amide bonds. The van der Waals surface area contributed by atoms with E-state index in [9.17, 15) is 9.59 Å². The smallest absolute Gasteiger partial charge is 0.311 e. The summed E-state index contributed by atoms with van der Waals surface area (Å²) in [5.41, 5.74) is 2.21. The van der Waals surface area contributed by atoms with Gasteiger partial charge < -0.3 is 10.1 Å². The molecular weight excluding hydrogens is 330 g/mol. The first-order valence-corrected chi connectivity index (χ1v) is 8.83. The van der Waals surface area contributed by atoms with Gasteiger partial charge in [0.2, 0.25) is 5.16 Å². The molecular formula is C15H21N5O3S. The molecule has 0 radical (unpaired) electrons. The summed E-state index contributed by atoms with van der Waals surface area (Å²) in [4.78, 5) is 32.5. The van der Waals surface area contributed by atoms with Crippen LogP contribution in [0.2, 0.25) is 0 Å². The maximum Gasteiger partial charge on any atom is 0.311 e. The van der Waals surface area contributed by atoms with Gasteiger partial charge >= 0.3 is 5.97 Å². The van der Waals surface area contributed by atoms with Crippen LogP contribution in [0.25, 0.3) is 5.78 Å². The molecule has 2 heterocycles. The molecule has 8 nitrogen and oxygen atoms in total. The number of aromatic nitrogens is 4. The summed E-state index contributed by atoms with van der Waals surface area (Å²) < 4.78 is 6.81. The molecule has 0 saturated carbocycles. The average Bonchev–Trinajstić information content (AvgIpc) is 2.94. The molecule has 1 N–H and O–H groups in total. The van der Waals surface area contributed by atoms with Crippen LogP contribution in [0.5, 0.6) is 0 Å². The van der Waals surface area contributed by atoms with Gasteiger partial charge in [-0.25, -0.2) is 9.50 Å². The Bertz CT molecular complexity index is 774. The van der Waals surface area contributed by atoms with Gasteiger partial charge in [0.05, 0.1) is 6.42 Å². The van der Waals surface area contributed by atoms with E-state index in [2.05, 4.69) is 20.4 Å². The maximum absolute atomic E-state index is 12.2. The highest BCUT2D eigenvalue weighted by atomic mass is 32.2. The Morgan fingerprint density at radius 2 is 2.04 bits per heavy atom. The standard InChI is InChI=1S/C15H21N5O3S/c1-6-16-13(22)10(4)23-12(21)7-11-8(2)17-14-18-15(24-5)19-20(14)9(11)3/h10H,6-7H2,1-5H3,(H,16,22)/t10-/m1/s1. The number of hydrogen-bond donors (Lipinski definition) is 1. The van der Waals surface area contributed by atoms with Crippen molar-refractivity contribution in [3.05, 3.63) is 17.0 Å². The van der Waals surface area contributed by atoms with Crippen molar-refractivity contribution in [2.45, 2.75) is 45.4 Å². The molecule has 130 valence electrons. The van der Waals surface area contributed by atoms with E-state index in [4.69, 9.17) is 4.74 Å². The Labute approximate surface area is 144 Å². The van der Waals surface area contributed by atoms with Gasteiger partial charge in [-0.3, -0.25) is 9.59 Å². The number of thioether (sulfide) groups is 1. The van der Waals surface area contributed by atoms with Gasteiger partial charge in [-0.15, -0.1) is 5.10 Å². The number of carbonyl (C=O) groups is 2. The van der Waals surface area contributed by atoms with Gasteiger partial charge in [0.1, 0.15) is 0 Å². The number of aryl methyl sites for hydroxylation is 2. The van der Waals surface area contributed by atoms with Crippen molar-refractivity contribution >= 4 is 29.4 Å². The number of esters is 1. The van der Waals surface area contributed by atoms with Crippen molar-refractivity contribution in [2.24, 2.45) is 0 Å². The van der Waals surface area contributed by atoms with Crippen molar-refractivity contribution in [1.82, 2.24) is 24.9 Å². The average molecular weight is 351 g/mol. The van der Waals surface area contributed by atoms with E-state index in [1.54, 1.807) is 18.4 Å². The third-order valence-electron chi connectivity index (χ3n) is 3.56. The zero-order valence-corrected chi connectivity index (χ0v) is 15.2. The minimum atomic E-state index is -0.829. The highest BCUT2D eigenvalue weighted by molar-refractivity contribution is 7.98. The highest BCUT2D eigenvalue weighted by Gasteiger charge is 2.20. The summed E-state index contributed by atoms with van der Waals surface area (Å²) in [5.74, 6) is -0.290. The molecule has 0 aromatic carbocycles. The van der Waals surface area contributed by atoms with Gasteiger partial charge in [-0.2, -0.15) is 4.98 Å². The molecule has 0 fully saturated rings. The van der Waals surface area contributed by atoms with Crippen molar-refractivity contribution in [1.29, 1.82) is 0 Å². The fourth-order valence-electron chi connectivity index (χ4n) is 2.29. The quantitative estimate of drug-likeness (QED) is 0.614. The molecule has 0 aliphatic rings. The first-order chi connectivity index (χ1) is 11.4. The molecule has 0 bridgehead atoms. The summed E-state index contributed by atoms with van der Waals surface area (Å²) in [7, 11) is 0. The minimum absolute atomic E-state index is 0.0266. The topological polar surface area (TPSA) is 98.5 Å². The van der Waals surface area contributed by atoms with E-state index >= 15 is 0 Å². The lowest BCUT2D eigenvalue weighted by molar-refractivity contribution is -0.154. The van der Waals surface area contributed by atoms with E-state index in [0.29, 0.717) is 23.2 Å². The van der Waals surface area contributed by atoms with Crippen LogP contribution in [0.4, 0.5) is 0 Å². The van der Waals surface area contributed by atoms with E-state index in [-0.39, 0.29) is 12.3 Å². The molecule has 0 saturated heterocycles. The molecule has 0 unspecified atom stereocenters. The monoisotopic (exact) mass is 351 g/mol. The Hall–Kier alpha value is -2.16. The van der Waals surface area contributed by atoms with Crippen LogP contribution < -0.4 is 5.32 Å². The Morgan fingerprint density at radius 3 is 2.67 bits per heavy atom. The fourth-order valence-corrected chi connectivity index (χ4v) is 2.62. The molecule has 0 aliphatic heterocycles. The predicted molar refractivity (Wildman–Crippen MR) is 90.0 cm³/mol. The molecule has 0 spiro atoms. The second kappa shape index (κ2) is 7.61. The number of hydrogen-bond acceptors (Lipinski definition) is 7. The lowest BCUT2D eigenvalue weighted by atomic mass is 10.1. The number of ether oxygens (including phenoxy) is 1. The molecule has 2 aromatic heterocycles. The first-order valence-electron chi connectivity index (χ1n) is 7.61. The minimum Gasteiger partial charge on any atom is -0.452 e. The number of carbonyl (C=O) groups excluding carboxylic acids is 2. The normalized spacial score (nSPS) is 12.2. The maximum atomic E-state index is 12.2. The van der Waals surface area contributed by atoms with Crippen LogP contribution in [0.1, 0.15) is 30.8 Å². The summed E-state index contributed by atoms with van der Waals surface area (Å²) in [6.07, 6.45) is 1.08. The van der Waals surface area contributed by atoms with Crippen molar-refractivity contribution in [2.75, 3.05) is 12.8 Å². The SMILES string of the molecule is CCNC(=O)[C@@H](C)OC(=O)Cc1c(C)nc2nc(SC)nn2c1C. The lowest BCUT2D eigenvalue weighted by Gasteiger charge is -2.14. The van der Waals surface area contributed by atoms with Crippen LogP contribution in [-0.2, 0) is 20.7 Å². The number of nitrogens with zero attached hydrogens (tertiary/aromatic N) is 4. The third-order valence-corrected chi connectivity index (χ3v) is 4.10. The fraction of sp³-hybridized carbons (Fsp3) is 0.533. The van der Waals surface area contributed by atoms with Crippen LogP contribution >= 0.6 is 11.8 Å². The molecule has 24 heavy (non-hydrogen) atoms. The summed E-state index contributed by atoms with van der Waals surface area (Å²) in [6, 6.07) is 0. The number of likely N-dealkylation sites (N-methyl/N-ethyl adjacent to an activating group) is 1. The predicted octanol–water partition coefficient (Wildman–Crippen LogP) is 1.07. The summed E-state index contributed by atoms with van der Waals surface area (Å²) >= 11 is 1.43. The highest BCUT2D eigenvalue weighted by Crippen LogP contribution is 2.17. The second-order valence-corrected chi connectivity index (χ2v) is 6.05. The van der Waals surface area contributed by atoms with Gasteiger partial charge in [-0.05, 0) is 34.0 Å². The van der Waals surface area contributed by atoms with Crippen LogP contribution in [0, 0.1) is 13.8 Å². The largest absolute Gasteiger partial charge is 0.452 e. The van der Waals surface area contributed by atoms with Crippen molar-refractivity contribution < 1.29 is 14.3 Å². The lowest BCUT2D eigenvalue weighted by Crippen LogP contribution is -2.36. The van der Waals surface area contributed by atoms with Gasteiger partial charge in [0, 0.05) is 23.5 Å². The van der Waals surface area contributed by atoms with Crippen molar-refractivity contribution in [3.8, 4) is 0 Å². The summed E-state index contributed by atoms with van der Waals surface area (Å²) in [5, 5.41) is 7.58. The number of rotatable bonds is 6. The van der Waals surface area contributed by atoms with Gasteiger partial charge in [0.15, 0.2) is 6.10 Å². The molecule has 1 atom stereocenters. The number of amides is 1. The molecule has 0 aliphatic carbocycles. The molecule has 9 heteroatoms. The zero-order valence-electron chi connectivity index (χ0n) is 14.4. The van der Waals surface area contributed by atoms with Gasteiger partial charge in [0.25, 0.3) is 11.7 Å². The molecule has 2 rings (SSSR count). The third kappa shape index (κ3) is 3.84. The van der Waals surface area contributed by atoms with Crippen LogP contribution in [0.3, 0.4) is 0 Å². The molecule has 2 aromatic rings. The Balaban J connectivity index is 2.20. The van der Waals surface area contributed by atoms with E-state index in [0.717, 1.165) is 11.3 Å². The zero-order chi connectivity index (χ0) is 17.9. The van der Waals surface area contributed by atoms with Crippen LogP contribution in [-0.4, -0.2) is 50.4 Å². The summed E-state index contributed by atoms with van der Waals surface area (Å²) in [6.45, 7) is 7.52. The van der Waals surface area contributed by atoms with Crippen LogP contribution in [0.15, 0.2) is 5.16 Å². The van der Waals surface area contributed by atoms with E-state index in [1.165, 1.54) is 11.8 Å². The van der Waals surface area contributed by atoms with Crippen molar-refractivity contribution in [3.63, 3.8) is 0 Å². The number of nitrogens with one attached hydrogen (secondary N) is 1. The second-order valence-electron chi connectivity index (χ2n) is 5.27. The van der Waals surface area contributed by atoms with Gasteiger partial charge in [-0.1, -0.05) is 11.8 Å². The Morgan fingerprint density at radius 1 is 1.33 bits per heavy atom. The first kappa shape index (κ1) is 18.2. The van der Waals surface area contributed by atoms with E-state index < -0.39 is 12.1 Å². The Kier molecular flexibility index (Phi) is 5.76.